The lowest BCUT2D eigenvalue weighted by molar-refractivity contribution is -0.130. The van der Waals surface area contributed by atoms with Gasteiger partial charge in [0.05, 0.1) is 12.6 Å². The molecule has 1 aromatic carbocycles. The van der Waals surface area contributed by atoms with E-state index in [1.54, 1.807) is 20.1 Å². The van der Waals surface area contributed by atoms with E-state index < -0.39 is 0 Å². The smallest absolute Gasteiger partial charge is 0.219 e. The van der Waals surface area contributed by atoms with Crippen LogP contribution in [0, 0.1) is 0 Å². The van der Waals surface area contributed by atoms with Crippen molar-refractivity contribution in [2.75, 3.05) is 20.2 Å². The Balaban J connectivity index is 1.82. The fraction of sp³-hybridized carbons (Fsp3) is 0.438. The number of carbonyl (C=O) groups excluding carboxylic acids is 1. The van der Waals surface area contributed by atoms with Crippen molar-refractivity contribution in [3.05, 3.63) is 23.6 Å². The van der Waals surface area contributed by atoms with E-state index in [4.69, 9.17) is 21.1 Å². The summed E-state index contributed by atoms with van der Waals surface area (Å²) in [5.41, 5.74) is 0.709. The van der Waals surface area contributed by atoms with Crippen molar-refractivity contribution in [3.63, 3.8) is 0 Å². The van der Waals surface area contributed by atoms with E-state index >= 15 is 0 Å². The molecular formula is C16H18ClN3O3. The number of benzene rings is 1. The summed E-state index contributed by atoms with van der Waals surface area (Å²) in [6.45, 7) is 3.01. The maximum atomic E-state index is 11.4. The van der Waals surface area contributed by atoms with Crippen LogP contribution in [0.4, 0.5) is 0 Å². The molecule has 0 bridgehead atoms. The summed E-state index contributed by atoms with van der Waals surface area (Å²) in [4.78, 5) is 21.4. The minimum Gasteiger partial charge on any atom is -0.493 e. The Bertz CT molecular complexity index is 730. The lowest BCUT2D eigenvalue weighted by atomic mass is 10.1. The van der Waals surface area contributed by atoms with Crippen LogP contribution < -0.4 is 9.47 Å². The maximum Gasteiger partial charge on any atom is 0.219 e. The highest BCUT2D eigenvalue weighted by Gasteiger charge is 2.23. The molecule has 23 heavy (non-hydrogen) atoms. The summed E-state index contributed by atoms with van der Waals surface area (Å²) in [6, 6.07) is 3.61. The number of methoxy groups -OCH3 is 1. The van der Waals surface area contributed by atoms with E-state index in [1.165, 1.54) is 6.33 Å². The monoisotopic (exact) mass is 335 g/mol. The molecule has 2 heterocycles. The molecule has 122 valence electrons. The molecule has 0 aliphatic carbocycles. The Morgan fingerprint density at radius 2 is 2.00 bits per heavy atom. The number of amides is 1. The van der Waals surface area contributed by atoms with Gasteiger partial charge in [0.15, 0.2) is 11.5 Å². The molecule has 7 heteroatoms. The van der Waals surface area contributed by atoms with Crippen LogP contribution in [0.5, 0.6) is 11.5 Å². The quantitative estimate of drug-likeness (QED) is 0.807. The van der Waals surface area contributed by atoms with Gasteiger partial charge in [0.25, 0.3) is 0 Å². The Hall–Kier alpha value is -2.08. The Morgan fingerprint density at radius 3 is 2.65 bits per heavy atom. The molecule has 2 aromatic rings. The molecule has 1 aliphatic heterocycles. The first kappa shape index (κ1) is 15.8. The first-order chi connectivity index (χ1) is 11.1. The number of rotatable bonds is 3. The molecule has 0 radical (unpaired) electrons. The van der Waals surface area contributed by atoms with E-state index in [-0.39, 0.29) is 12.0 Å². The second-order valence-electron chi connectivity index (χ2n) is 5.51. The van der Waals surface area contributed by atoms with Gasteiger partial charge >= 0.3 is 0 Å². The van der Waals surface area contributed by atoms with E-state index in [0.29, 0.717) is 35.3 Å². The van der Waals surface area contributed by atoms with Crippen LogP contribution in [0.3, 0.4) is 0 Å². The van der Waals surface area contributed by atoms with Crippen LogP contribution in [0.2, 0.25) is 5.15 Å². The number of hydrogen-bond donors (Lipinski definition) is 0. The number of carbonyl (C=O) groups is 1. The summed E-state index contributed by atoms with van der Waals surface area (Å²) in [6.07, 6.45) is 3.04. The molecule has 0 atom stereocenters. The molecule has 1 fully saturated rings. The summed E-state index contributed by atoms with van der Waals surface area (Å²) in [5.74, 6) is 1.34. The Kier molecular flexibility index (Phi) is 4.52. The molecule has 6 nitrogen and oxygen atoms in total. The Labute approximate surface area is 139 Å². The number of hydrogen-bond acceptors (Lipinski definition) is 5. The van der Waals surface area contributed by atoms with Gasteiger partial charge in [0.1, 0.15) is 17.6 Å². The fourth-order valence-electron chi connectivity index (χ4n) is 2.75. The third kappa shape index (κ3) is 3.32. The van der Waals surface area contributed by atoms with Gasteiger partial charge in [-0.25, -0.2) is 9.97 Å². The molecule has 1 aliphatic rings. The van der Waals surface area contributed by atoms with Crippen molar-refractivity contribution in [2.24, 2.45) is 0 Å². The van der Waals surface area contributed by atoms with Crippen LogP contribution in [0.25, 0.3) is 10.9 Å². The molecule has 1 amide bonds. The standard InChI is InChI=1S/C16H18ClN3O3/c1-10(21)20-5-3-11(4-6-20)23-15-7-12-13(8-14(15)22-2)18-9-19-16(12)17/h7-9,11H,3-6H2,1-2H3. The van der Waals surface area contributed by atoms with Crippen LogP contribution in [0.1, 0.15) is 19.8 Å². The normalized spacial score (nSPS) is 15.7. The predicted octanol–water partition coefficient (Wildman–Crippen LogP) is 2.68. The van der Waals surface area contributed by atoms with Crippen LogP contribution in [0.15, 0.2) is 18.5 Å². The second-order valence-corrected chi connectivity index (χ2v) is 5.87. The van der Waals surface area contributed by atoms with Gasteiger partial charge in [-0.2, -0.15) is 0 Å². The minimum absolute atomic E-state index is 0.0420. The fourth-order valence-corrected chi connectivity index (χ4v) is 2.95. The number of halogens is 1. The summed E-state index contributed by atoms with van der Waals surface area (Å²) >= 11 is 6.13. The lowest BCUT2D eigenvalue weighted by Crippen LogP contribution is -2.40. The van der Waals surface area contributed by atoms with Crippen molar-refractivity contribution in [3.8, 4) is 11.5 Å². The molecule has 0 N–H and O–H groups in total. The zero-order valence-electron chi connectivity index (χ0n) is 13.1. The van der Waals surface area contributed by atoms with Gasteiger partial charge in [-0.3, -0.25) is 4.79 Å². The average molecular weight is 336 g/mol. The highest BCUT2D eigenvalue weighted by molar-refractivity contribution is 6.34. The van der Waals surface area contributed by atoms with Gasteiger partial charge in [-0.05, 0) is 6.07 Å². The van der Waals surface area contributed by atoms with Crippen molar-refractivity contribution in [1.29, 1.82) is 0 Å². The van der Waals surface area contributed by atoms with Gasteiger partial charge in [-0.15, -0.1) is 0 Å². The number of aromatic nitrogens is 2. The third-order valence-electron chi connectivity index (χ3n) is 4.05. The molecule has 0 unspecified atom stereocenters. The van der Waals surface area contributed by atoms with Crippen LogP contribution in [-0.2, 0) is 4.79 Å². The predicted molar refractivity (Wildman–Crippen MR) is 87.0 cm³/mol. The summed E-state index contributed by atoms with van der Waals surface area (Å²) < 4.78 is 11.5. The van der Waals surface area contributed by atoms with Crippen molar-refractivity contribution >= 4 is 28.4 Å². The first-order valence-electron chi connectivity index (χ1n) is 7.49. The number of nitrogens with zero attached hydrogens (tertiary/aromatic N) is 3. The van der Waals surface area contributed by atoms with Crippen molar-refractivity contribution < 1.29 is 14.3 Å². The highest BCUT2D eigenvalue weighted by atomic mass is 35.5. The maximum absolute atomic E-state index is 11.4. The third-order valence-corrected chi connectivity index (χ3v) is 4.35. The van der Waals surface area contributed by atoms with Gasteiger partial charge in [0, 0.05) is 44.3 Å². The van der Waals surface area contributed by atoms with Crippen LogP contribution in [-0.4, -0.2) is 47.1 Å². The highest BCUT2D eigenvalue weighted by Crippen LogP contribution is 2.35. The van der Waals surface area contributed by atoms with E-state index in [0.717, 1.165) is 18.2 Å². The molecule has 0 saturated carbocycles. The molecule has 1 aromatic heterocycles. The van der Waals surface area contributed by atoms with Crippen molar-refractivity contribution in [1.82, 2.24) is 14.9 Å². The number of likely N-dealkylation sites (tertiary alicyclic amines) is 1. The minimum atomic E-state index is 0.0420. The number of fused-ring (bicyclic) bond motifs is 1. The van der Waals surface area contributed by atoms with E-state index in [1.807, 2.05) is 11.0 Å². The SMILES string of the molecule is COc1cc2ncnc(Cl)c2cc1OC1CCN(C(C)=O)CC1. The van der Waals surface area contributed by atoms with Gasteiger partial charge < -0.3 is 14.4 Å². The topological polar surface area (TPSA) is 64.6 Å². The van der Waals surface area contributed by atoms with Crippen LogP contribution >= 0.6 is 11.6 Å². The van der Waals surface area contributed by atoms with E-state index in [2.05, 4.69) is 9.97 Å². The average Bonchev–Trinajstić information content (AvgIpc) is 2.55. The van der Waals surface area contributed by atoms with Gasteiger partial charge in [-0.1, -0.05) is 11.6 Å². The molecule has 0 spiro atoms. The molecular weight excluding hydrogens is 318 g/mol. The Morgan fingerprint density at radius 1 is 1.26 bits per heavy atom. The van der Waals surface area contributed by atoms with E-state index in [9.17, 15) is 4.79 Å². The number of ether oxygens (including phenoxy) is 2. The summed E-state index contributed by atoms with van der Waals surface area (Å²) in [7, 11) is 1.59. The van der Waals surface area contributed by atoms with Gasteiger partial charge in [0.2, 0.25) is 5.91 Å². The lowest BCUT2D eigenvalue weighted by Gasteiger charge is -2.31. The second kappa shape index (κ2) is 6.58. The summed E-state index contributed by atoms with van der Waals surface area (Å²) in [5, 5.41) is 1.11. The first-order valence-corrected chi connectivity index (χ1v) is 7.86. The van der Waals surface area contributed by atoms with Crippen molar-refractivity contribution in [2.45, 2.75) is 25.9 Å². The number of piperidine rings is 1. The largest absolute Gasteiger partial charge is 0.493 e. The zero-order chi connectivity index (χ0) is 16.4. The zero-order valence-corrected chi connectivity index (χ0v) is 13.8. The molecule has 1 saturated heterocycles. The molecule has 3 rings (SSSR count).